The van der Waals surface area contributed by atoms with Gasteiger partial charge in [-0.25, -0.2) is 0 Å². The number of hydrogen-bond donors (Lipinski definition) is 1. The zero-order chi connectivity index (χ0) is 15.0. The first-order valence-corrected chi connectivity index (χ1v) is 6.85. The summed E-state index contributed by atoms with van der Waals surface area (Å²) in [6, 6.07) is 7.98. The third kappa shape index (κ3) is 2.42. The average Bonchev–Trinajstić information content (AvgIpc) is 2.81. The summed E-state index contributed by atoms with van der Waals surface area (Å²) < 4.78 is 7.82. The van der Waals surface area contributed by atoms with Gasteiger partial charge in [0.25, 0.3) is 0 Å². The molecule has 0 aliphatic heterocycles. The van der Waals surface area contributed by atoms with E-state index >= 15 is 0 Å². The summed E-state index contributed by atoms with van der Waals surface area (Å²) in [6.07, 6.45) is 1.83. The molecule has 0 amide bonds. The number of nitrogens with two attached hydrogens (primary N) is 1. The van der Waals surface area contributed by atoms with Crippen LogP contribution in [0.2, 0.25) is 0 Å². The summed E-state index contributed by atoms with van der Waals surface area (Å²) in [5.41, 5.74) is 10.6. The van der Waals surface area contributed by atoms with Crippen LogP contribution in [0.25, 0.3) is 5.65 Å². The van der Waals surface area contributed by atoms with Crippen LogP contribution in [0.1, 0.15) is 22.5 Å². The van der Waals surface area contributed by atoms with Gasteiger partial charge in [-0.1, -0.05) is 18.2 Å². The molecule has 0 radical (unpaired) electrons. The molecule has 3 aromatic rings. The van der Waals surface area contributed by atoms with Crippen molar-refractivity contribution in [2.45, 2.75) is 27.4 Å². The number of fused-ring (bicyclic) bond motifs is 1. The molecule has 21 heavy (non-hydrogen) atoms. The predicted molar refractivity (Wildman–Crippen MR) is 82.4 cm³/mol. The van der Waals surface area contributed by atoms with Gasteiger partial charge in [0.15, 0.2) is 11.5 Å². The van der Waals surface area contributed by atoms with Crippen LogP contribution in [-0.4, -0.2) is 14.6 Å². The van der Waals surface area contributed by atoms with E-state index in [4.69, 9.17) is 10.5 Å². The van der Waals surface area contributed by atoms with Crippen molar-refractivity contribution in [2.75, 3.05) is 5.73 Å². The summed E-state index contributed by atoms with van der Waals surface area (Å²) >= 11 is 0. The fourth-order valence-corrected chi connectivity index (χ4v) is 2.49. The first-order valence-electron chi connectivity index (χ1n) is 6.85. The summed E-state index contributed by atoms with van der Waals surface area (Å²) in [5, 5.41) is 8.40. The second-order valence-corrected chi connectivity index (χ2v) is 5.28. The van der Waals surface area contributed by atoms with Crippen molar-refractivity contribution in [3.05, 3.63) is 53.0 Å². The molecule has 108 valence electrons. The lowest BCUT2D eigenvalue weighted by atomic mass is 10.1. The highest BCUT2D eigenvalue weighted by atomic mass is 16.5. The minimum atomic E-state index is 0.357. The van der Waals surface area contributed by atoms with Crippen molar-refractivity contribution >= 4 is 11.3 Å². The summed E-state index contributed by atoms with van der Waals surface area (Å²) in [4.78, 5) is 0. The van der Waals surface area contributed by atoms with E-state index in [1.807, 2.05) is 55.6 Å². The van der Waals surface area contributed by atoms with E-state index in [9.17, 15) is 0 Å². The van der Waals surface area contributed by atoms with E-state index in [1.165, 1.54) is 0 Å². The van der Waals surface area contributed by atoms with Gasteiger partial charge in [-0.3, -0.25) is 4.40 Å². The maximum absolute atomic E-state index is 5.94. The zero-order valence-electron chi connectivity index (χ0n) is 12.4. The Labute approximate surface area is 123 Å². The monoisotopic (exact) mass is 282 g/mol. The fraction of sp³-hybridized carbons (Fsp3) is 0.250. The molecule has 5 heteroatoms. The number of aryl methyl sites for hydroxylation is 3. The van der Waals surface area contributed by atoms with Gasteiger partial charge in [-0.2, -0.15) is 0 Å². The number of pyridine rings is 1. The fourth-order valence-electron chi connectivity index (χ4n) is 2.49. The molecule has 0 saturated heterocycles. The second kappa shape index (κ2) is 5.09. The Bertz CT molecular complexity index is 787. The number of hydrogen-bond acceptors (Lipinski definition) is 4. The number of para-hydroxylation sites is 1. The molecule has 0 bridgehead atoms. The summed E-state index contributed by atoms with van der Waals surface area (Å²) in [5.74, 6) is 1.64. The van der Waals surface area contributed by atoms with Crippen LogP contribution < -0.4 is 10.5 Å². The Morgan fingerprint density at radius 1 is 1.10 bits per heavy atom. The molecular formula is C16H18N4O. The molecule has 1 aromatic carbocycles. The topological polar surface area (TPSA) is 65.4 Å². The van der Waals surface area contributed by atoms with Crippen LogP contribution in [0.15, 0.2) is 30.5 Å². The van der Waals surface area contributed by atoms with Crippen LogP contribution in [-0.2, 0) is 6.61 Å². The zero-order valence-corrected chi connectivity index (χ0v) is 12.4. The number of rotatable bonds is 3. The second-order valence-electron chi connectivity index (χ2n) is 5.28. The maximum Gasteiger partial charge on any atom is 0.175 e. The lowest BCUT2D eigenvalue weighted by Crippen LogP contribution is -2.04. The molecule has 0 aliphatic carbocycles. The lowest BCUT2D eigenvalue weighted by molar-refractivity contribution is 0.290. The SMILES string of the molecule is Cc1cccc(C)c1OCc1nnc2c(C)cc(N)cn12. The van der Waals surface area contributed by atoms with E-state index in [2.05, 4.69) is 10.2 Å². The smallest absolute Gasteiger partial charge is 0.175 e. The van der Waals surface area contributed by atoms with Crippen molar-refractivity contribution in [3.63, 3.8) is 0 Å². The summed E-state index contributed by atoms with van der Waals surface area (Å²) in [6.45, 7) is 6.39. The number of nitrogens with zero attached hydrogens (tertiary/aromatic N) is 3. The number of ether oxygens (including phenoxy) is 1. The van der Waals surface area contributed by atoms with E-state index in [0.29, 0.717) is 12.3 Å². The molecule has 3 rings (SSSR count). The maximum atomic E-state index is 5.94. The minimum Gasteiger partial charge on any atom is -0.485 e. The lowest BCUT2D eigenvalue weighted by Gasteiger charge is -2.11. The quantitative estimate of drug-likeness (QED) is 0.802. The normalized spacial score (nSPS) is 11.0. The molecule has 5 nitrogen and oxygen atoms in total. The highest BCUT2D eigenvalue weighted by Crippen LogP contribution is 2.23. The van der Waals surface area contributed by atoms with Gasteiger partial charge in [-0.15, -0.1) is 10.2 Å². The number of benzene rings is 1. The van der Waals surface area contributed by atoms with Gasteiger partial charge in [0.05, 0.1) is 0 Å². The first-order chi connectivity index (χ1) is 10.1. The Kier molecular flexibility index (Phi) is 3.25. The van der Waals surface area contributed by atoms with Crippen LogP contribution in [0, 0.1) is 20.8 Å². The molecule has 2 heterocycles. The van der Waals surface area contributed by atoms with Gasteiger partial charge in [0.2, 0.25) is 0 Å². The molecule has 0 fully saturated rings. The molecule has 0 spiro atoms. The van der Waals surface area contributed by atoms with Gasteiger partial charge in [0, 0.05) is 11.9 Å². The third-order valence-corrected chi connectivity index (χ3v) is 3.53. The van der Waals surface area contributed by atoms with Crippen molar-refractivity contribution < 1.29 is 4.74 Å². The standard InChI is InChI=1S/C16H18N4O/c1-10-5-4-6-11(2)15(10)21-9-14-18-19-16-12(3)7-13(17)8-20(14)16/h4-8H,9,17H2,1-3H3. The number of aromatic nitrogens is 3. The Morgan fingerprint density at radius 2 is 1.81 bits per heavy atom. The Balaban J connectivity index is 1.93. The minimum absolute atomic E-state index is 0.357. The largest absolute Gasteiger partial charge is 0.485 e. The average molecular weight is 282 g/mol. The number of nitrogen functional groups attached to an aromatic ring is 1. The van der Waals surface area contributed by atoms with E-state index < -0.39 is 0 Å². The van der Waals surface area contributed by atoms with Gasteiger partial charge in [-0.05, 0) is 43.5 Å². The van der Waals surface area contributed by atoms with Gasteiger partial charge >= 0.3 is 0 Å². The predicted octanol–water partition coefficient (Wildman–Crippen LogP) is 2.82. The van der Waals surface area contributed by atoms with Gasteiger partial charge in [0.1, 0.15) is 12.4 Å². The Hall–Kier alpha value is -2.56. The third-order valence-electron chi connectivity index (χ3n) is 3.53. The summed E-state index contributed by atoms with van der Waals surface area (Å²) in [7, 11) is 0. The molecule has 2 N–H and O–H groups in total. The molecular weight excluding hydrogens is 264 g/mol. The molecule has 2 aromatic heterocycles. The van der Waals surface area contributed by atoms with Crippen molar-refractivity contribution in [3.8, 4) is 5.75 Å². The Morgan fingerprint density at radius 3 is 2.52 bits per heavy atom. The van der Waals surface area contributed by atoms with Gasteiger partial charge < -0.3 is 10.5 Å². The van der Waals surface area contributed by atoms with E-state index in [-0.39, 0.29) is 0 Å². The first kappa shape index (κ1) is 13.4. The highest BCUT2D eigenvalue weighted by molar-refractivity contribution is 5.54. The van der Waals surface area contributed by atoms with Crippen LogP contribution >= 0.6 is 0 Å². The number of anilines is 1. The van der Waals surface area contributed by atoms with E-state index in [0.717, 1.165) is 33.9 Å². The molecule has 0 saturated carbocycles. The van der Waals surface area contributed by atoms with Crippen LogP contribution in [0.4, 0.5) is 5.69 Å². The van der Waals surface area contributed by atoms with Crippen molar-refractivity contribution in [1.29, 1.82) is 0 Å². The van der Waals surface area contributed by atoms with E-state index in [1.54, 1.807) is 0 Å². The molecule has 0 unspecified atom stereocenters. The highest BCUT2D eigenvalue weighted by Gasteiger charge is 2.10. The van der Waals surface area contributed by atoms with Crippen LogP contribution in [0.5, 0.6) is 5.75 Å². The molecule has 0 atom stereocenters. The van der Waals surface area contributed by atoms with Crippen molar-refractivity contribution in [2.24, 2.45) is 0 Å². The van der Waals surface area contributed by atoms with Crippen molar-refractivity contribution in [1.82, 2.24) is 14.6 Å². The van der Waals surface area contributed by atoms with Crippen LogP contribution in [0.3, 0.4) is 0 Å². The molecule has 0 aliphatic rings.